The predicted molar refractivity (Wildman–Crippen MR) is 76.5 cm³/mol. The molecule has 20 heavy (non-hydrogen) atoms. The molecule has 0 heterocycles. The maximum absolute atomic E-state index is 12.2. The molecular weight excluding hydrogens is 302 g/mol. The number of carbonyl (C=O) groups excluding carboxylic acids is 1. The molecule has 1 aromatic rings. The van der Waals surface area contributed by atoms with E-state index in [1.54, 1.807) is 13.0 Å². The van der Waals surface area contributed by atoms with E-state index >= 15 is 0 Å². The van der Waals surface area contributed by atoms with E-state index in [9.17, 15) is 17.4 Å². The molecule has 2 unspecified atom stereocenters. The number of esters is 1. The molecule has 0 bridgehead atoms. The Morgan fingerprint density at radius 1 is 1.40 bits per heavy atom. The third-order valence-corrected chi connectivity index (χ3v) is 5.04. The summed E-state index contributed by atoms with van der Waals surface area (Å²) in [6, 6.07) is 5.27. The summed E-state index contributed by atoms with van der Waals surface area (Å²) in [5.74, 6) is -0.530. The number of rotatable bonds is 6. The molecule has 0 saturated carbocycles. The topological polar surface area (TPSA) is 89.5 Å². The first-order chi connectivity index (χ1) is 9.27. The minimum absolute atomic E-state index is 0.0349. The number of carbonyl (C=O) groups is 1. The average Bonchev–Trinajstić information content (AvgIpc) is 2.36. The Bertz CT molecular complexity index is 612. The summed E-state index contributed by atoms with van der Waals surface area (Å²) in [5.41, 5.74) is -0.0349. The van der Waals surface area contributed by atoms with Gasteiger partial charge in [0.05, 0.1) is 17.6 Å². The van der Waals surface area contributed by atoms with Crippen molar-refractivity contribution in [2.24, 2.45) is 0 Å². The molecule has 0 radical (unpaired) electrons. The molecule has 1 N–H and O–H groups in total. The van der Waals surface area contributed by atoms with E-state index < -0.39 is 32.8 Å². The molecule has 0 saturated heterocycles. The third-order valence-electron chi connectivity index (χ3n) is 2.42. The predicted octanol–water partition coefficient (Wildman–Crippen LogP) is 0.518. The minimum atomic E-state index is -3.88. The summed E-state index contributed by atoms with van der Waals surface area (Å²) < 4.78 is 42.6. The SMILES string of the molecule is COC(=O)c1ccccc1S(=O)(=O)NC(C)CS(C)=O. The first kappa shape index (κ1) is 16.8. The van der Waals surface area contributed by atoms with Crippen molar-refractivity contribution in [1.82, 2.24) is 4.72 Å². The molecule has 112 valence electrons. The van der Waals surface area contributed by atoms with Gasteiger partial charge >= 0.3 is 5.97 Å². The first-order valence-electron chi connectivity index (χ1n) is 5.77. The summed E-state index contributed by atoms with van der Waals surface area (Å²) in [5, 5.41) is 0. The van der Waals surface area contributed by atoms with E-state index in [4.69, 9.17) is 0 Å². The van der Waals surface area contributed by atoms with Crippen molar-refractivity contribution in [3.05, 3.63) is 29.8 Å². The number of hydrogen-bond donors (Lipinski definition) is 1. The van der Waals surface area contributed by atoms with E-state index in [1.165, 1.54) is 31.6 Å². The molecule has 1 aromatic carbocycles. The minimum Gasteiger partial charge on any atom is -0.465 e. The van der Waals surface area contributed by atoms with Crippen LogP contribution in [0.5, 0.6) is 0 Å². The standard InChI is InChI=1S/C12H17NO5S2/c1-9(8-19(3)15)13-20(16,17)11-7-5-4-6-10(11)12(14)18-2/h4-7,9,13H,8H2,1-3H3. The van der Waals surface area contributed by atoms with Gasteiger partial charge in [0.25, 0.3) is 0 Å². The summed E-state index contributed by atoms with van der Waals surface area (Å²) >= 11 is 0. The molecule has 2 atom stereocenters. The van der Waals surface area contributed by atoms with Gasteiger partial charge in [0, 0.05) is 28.9 Å². The van der Waals surface area contributed by atoms with Gasteiger partial charge in [-0.15, -0.1) is 0 Å². The zero-order valence-electron chi connectivity index (χ0n) is 11.5. The van der Waals surface area contributed by atoms with Crippen molar-refractivity contribution in [3.63, 3.8) is 0 Å². The van der Waals surface area contributed by atoms with Crippen molar-refractivity contribution < 1.29 is 22.2 Å². The van der Waals surface area contributed by atoms with Gasteiger partial charge in [0.15, 0.2) is 0 Å². The van der Waals surface area contributed by atoms with Crippen LogP contribution < -0.4 is 4.72 Å². The lowest BCUT2D eigenvalue weighted by atomic mass is 10.2. The smallest absolute Gasteiger partial charge is 0.339 e. The first-order valence-corrected chi connectivity index (χ1v) is 8.98. The van der Waals surface area contributed by atoms with Gasteiger partial charge in [0.2, 0.25) is 10.0 Å². The number of sulfonamides is 1. The van der Waals surface area contributed by atoms with Crippen LogP contribution in [0.1, 0.15) is 17.3 Å². The second-order valence-corrected chi connectivity index (χ2v) is 7.41. The van der Waals surface area contributed by atoms with Crippen LogP contribution in [0.25, 0.3) is 0 Å². The zero-order chi connectivity index (χ0) is 15.3. The highest BCUT2D eigenvalue weighted by molar-refractivity contribution is 7.89. The van der Waals surface area contributed by atoms with E-state index in [2.05, 4.69) is 9.46 Å². The molecule has 6 nitrogen and oxygen atoms in total. The van der Waals surface area contributed by atoms with Crippen LogP contribution in [-0.4, -0.2) is 43.8 Å². The Morgan fingerprint density at radius 2 is 2.00 bits per heavy atom. The average molecular weight is 319 g/mol. The van der Waals surface area contributed by atoms with Crippen molar-refractivity contribution in [1.29, 1.82) is 0 Å². The summed E-state index contributed by atoms with van der Waals surface area (Å²) in [6.45, 7) is 1.61. The Hall–Kier alpha value is -1.25. The quantitative estimate of drug-likeness (QED) is 0.772. The maximum Gasteiger partial charge on any atom is 0.339 e. The van der Waals surface area contributed by atoms with Crippen LogP contribution in [0.4, 0.5) is 0 Å². The number of ether oxygens (including phenoxy) is 1. The molecule has 0 amide bonds. The van der Waals surface area contributed by atoms with Gasteiger partial charge in [-0.1, -0.05) is 12.1 Å². The van der Waals surface area contributed by atoms with E-state index in [0.29, 0.717) is 0 Å². The number of hydrogen-bond acceptors (Lipinski definition) is 5. The molecule has 1 rings (SSSR count). The largest absolute Gasteiger partial charge is 0.465 e. The lowest BCUT2D eigenvalue weighted by molar-refractivity contribution is 0.0596. The second kappa shape index (κ2) is 6.96. The highest BCUT2D eigenvalue weighted by Gasteiger charge is 2.24. The van der Waals surface area contributed by atoms with E-state index in [1.807, 2.05) is 0 Å². The normalized spacial score (nSPS) is 14.6. The lowest BCUT2D eigenvalue weighted by Gasteiger charge is -2.14. The Labute approximate surface area is 121 Å². The van der Waals surface area contributed by atoms with E-state index in [0.717, 1.165) is 0 Å². The molecule has 8 heteroatoms. The Morgan fingerprint density at radius 3 is 2.55 bits per heavy atom. The number of methoxy groups -OCH3 is 1. The van der Waals surface area contributed by atoms with E-state index in [-0.39, 0.29) is 16.2 Å². The highest BCUT2D eigenvalue weighted by atomic mass is 32.2. The Balaban J connectivity index is 3.10. The molecule has 0 aliphatic rings. The molecule has 0 aliphatic carbocycles. The van der Waals surface area contributed by atoms with Crippen molar-refractivity contribution >= 4 is 26.8 Å². The molecule has 0 aliphatic heterocycles. The van der Waals surface area contributed by atoms with Crippen LogP contribution in [0.3, 0.4) is 0 Å². The highest BCUT2D eigenvalue weighted by Crippen LogP contribution is 2.16. The van der Waals surface area contributed by atoms with Crippen molar-refractivity contribution in [2.45, 2.75) is 17.9 Å². The van der Waals surface area contributed by atoms with Gasteiger partial charge in [0.1, 0.15) is 0 Å². The van der Waals surface area contributed by atoms with Crippen LogP contribution in [0.2, 0.25) is 0 Å². The van der Waals surface area contributed by atoms with Crippen LogP contribution >= 0.6 is 0 Å². The fourth-order valence-electron chi connectivity index (χ4n) is 1.69. The Kier molecular flexibility index (Phi) is 5.85. The molecule has 0 fully saturated rings. The fourth-order valence-corrected chi connectivity index (χ4v) is 4.03. The lowest BCUT2D eigenvalue weighted by Crippen LogP contribution is -2.36. The van der Waals surface area contributed by atoms with Crippen LogP contribution in [0.15, 0.2) is 29.2 Å². The molecule has 0 spiro atoms. The monoisotopic (exact) mass is 319 g/mol. The van der Waals surface area contributed by atoms with Gasteiger partial charge in [-0.25, -0.2) is 17.9 Å². The fraction of sp³-hybridized carbons (Fsp3) is 0.417. The molecular formula is C12H17NO5S2. The van der Waals surface area contributed by atoms with Crippen molar-refractivity contribution in [2.75, 3.05) is 19.1 Å². The van der Waals surface area contributed by atoms with Gasteiger partial charge in [-0.2, -0.15) is 0 Å². The maximum atomic E-state index is 12.2. The van der Waals surface area contributed by atoms with Crippen LogP contribution in [-0.2, 0) is 25.6 Å². The van der Waals surface area contributed by atoms with Gasteiger partial charge in [-0.3, -0.25) is 4.21 Å². The summed E-state index contributed by atoms with van der Waals surface area (Å²) in [4.78, 5) is 11.4. The van der Waals surface area contributed by atoms with Crippen molar-refractivity contribution in [3.8, 4) is 0 Å². The second-order valence-electron chi connectivity index (χ2n) is 4.25. The van der Waals surface area contributed by atoms with Gasteiger partial charge < -0.3 is 4.74 Å². The number of benzene rings is 1. The molecule has 0 aromatic heterocycles. The summed E-state index contributed by atoms with van der Waals surface area (Å²) in [7, 11) is -3.81. The van der Waals surface area contributed by atoms with Gasteiger partial charge in [-0.05, 0) is 19.1 Å². The zero-order valence-corrected chi connectivity index (χ0v) is 13.1. The number of nitrogens with one attached hydrogen (secondary N) is 1. The van der Waals surface area contributed by atoms with Crippen LogP contribution in [0, 0.1) is 0 Å². The third kappa shape index (κ3) is 4.39. The summed E-state index contributed by atoms with van der Waals surface area (Å²) in [6.07, 6.45) is 1.49.